The average molecular weight is 327 g/mol. The van der Waals surface area contributed by atoms with Gasteiger partial charge in [0.1, 0.15) is 24.4 Å². The van der Waals surface area contributed by atoms with Crippen LogP contribution in [0.25, 0.3) is 0 Å². The number of hydrogen-bond acceptors (Lipinski definition) is 6. The molecule has 0 aliphatic carbocycles. The molecule has 1 rings (SSSR count). The van der Waals surface area contributed by atoms with Crippen molar-refractivity contribution in [2.24, 2.45) is 0 Å². The molecule has 1 heterocycles. The Kier molecular flexibility index (Phi) is 7.64. The number of urea groups is 1. The van der Waals surface area contributed by atoms with Crippen molar-refractivity contribution in [3.63, 3.8) is 0 Å². The minimum atomic E-state index is -1.51. The molecule has 8 nitrogen and oxygen atoms in total. The van der Waals surface area contributed by atoms with E-state index in [0.29, 0.717) is 6.42 Å². The van der Waals surface area contributed by atoms with Gasteiger partial charge in [-0.15, -0.1) is 11.6 Å². The number of aliphatic hydroxyl groups excluding tert-OH is 4. The number of amides is 2. The van der Waals surface area contributed by atoms with E-state index in [1.165, 1.54) is 4.90 Å². The van der Waals surface area contributed by atoms with Gasteiger partial charge in [-0.1, -0.05) is 6.92 Å². The van der Waals surface area contributed by atoms with Gasteiger partial charge in [0.15, 0.2) is 6.23 Å². The zero-order valence-electron chi connectivity index (χ0n) is 11.9. The summed E-state index contributed by atoms with van der Waals surface area (Å²) in [6.45, 7) is 1.82. The van der Waals surface area contributed by atoms with Crippen molar-refractivity contribution in [1.82, 2.24) is 10.2 Å². The summed E-state index contributed by atoms with van der Waals surface area (Å²) in [5.41, 5.74) is 0. The number of nitrogens with one attached hydrogen (secondary N) is 1. The lowest BCUT2D eigenvalue weighted by molar-refractivity contribution is -0.257. The van der Waals surface area contributed by atoms with Crippen molar-refractivity contribution >= 4 is 17.6 Å². The van der Waals surface area contributed by atoms with Gasteiger partial charge in [0.05, 0.1) is 6.61 Å². The Morgan fingerprint density at radius 3 is 2.48 bits per heavy atom. The van der Waals surface area contributed by atoms with E-state index < -0.39 is 43.3 Å². The SMILES string of the molecule is CCCN(C(=O)NCCCl)C1O[C@H](CO)[C@@H](O)[C@H](O)[C@H]1O. The van der Waals surface area contributed by atoms with Gasteiger partial charge in [0, 0.05) is 19.0 Å². The maximum atomic E-state index is 12.1. The molecular weight excluding hydrogens is 304 g/mol. The molecule has 1 fully saturated rings. The number of rotatable bonds is 6. The lowest BCUT2D eigenvalue weighted by Gasteiger charge is -2.44. The lowest BCUT2D eigenvalue weighted by atomic mass is 9.98. The molecule has 1 aliphatic heterocycles. The lowest BCUT2D eigenvalue weighted by Crippen LogP contribution is -2.65. The zero-order valence-corrected chi connectivity index (χ0v) is 12.6. The van der Waals surface area contributed by atoms with Crippen LogP contribution >= 0.6 is 11.6 Å². The van der Waals surface area contributed by atoms with Gasteiger partial charge in [0.2, 0.25) is 0 Å². The van der Waals surface area contributed by atoms with Crippen LogP contribution in [0.2, 0.25) is 0 Å². The standard InChI is InChI=1S/C12H23ClN2O6/c1-2-5-15(12(20)14-4-3-13)11-10(19)9(18)8(17)7(6-16)21-11/h7-11,16-19H,2-6H2,1H3,(H,14,20)/t7-,8-,9+,10-,11?/m1/s1. The average Bonchev–Trinajstić information content (AvgIpc) is 2.49. The summed E-state index contributed by atoms with van der Waals surface area (Å²) < 4.78 is 5.37. The molecule has 1 aliphatic rings. The third-order valence-electron chi connectivity index (χ3n) is 3.27. The van der Waals surface area contributed by atoms with Crippen molar-refractivity contribution in [3.05, 3.63) is 0 Å². The third kappa shape index (κ3) is 4.41. The molecule has 0 spiro atoms. The predicted molar refractivity (Wildman–Crippen MR) is 74.9 cm³/mol. The fourth-order valence-electron chi connectivity index (χ4n) is 2.18. The van der Waals surface area contributed by atoms with Crippen molar-refractivity contribution in [1.29, 1.82) is 0 Å². The van der Waals surface area contributed by atoms with Gasteiger partial charge < -0.3 is 30.5 Å². The fraction of sp³-hybridized carbons (Fsp3) is 0.917. The summed E-state index contributed by atoms with van der Waals surface area (Å²) in [7, 11) is 0. The van der Waals surface area contributed by atoms with E-state index >= 15 is 0 Å². The molecule has 9 heteroatoms. The first-order chi connectivity index (χ1) is 9.97. The Balaban J connectivity index is 2.86. The molecule has 21 heavy (non-hydrogen) atoms. The van der Waals surface area contributed by atoms with Crippen molar-refractivity contribution in [2.45, 2.75) is 44.0 Å². The summed E-state index contributed by atoms with van der Waals surface area (Å²) in [6.07, 6.45) is -6.04. The third-order valence-corrected chi connectivity index (χ3v) is 3.46. The summed E-state index contributed by atoms with van der Waals surface area (Å²) in [6, 6.07) is -0.498. The van der Waals surface area contributed by atoms with E-state index in [4.69, 9.17) is 21.4 Å². The Morgan fingerprint density at radius 1 is 1.29 bits per heavy atom. The number of carbonyl (C=O) groups is 1. The summed E-state index contributed by atoms with van der Waals surface area (Å²) in [4.78, 5) is 13.3. The van der Waals surface area contributed by atoms with Crippen molar-refractivity contribution < 1.29 is 30.0 Å². The van der Waals surface area contributed by atoms with Crippen LogP contribution in [0, 0.1) is 0 Å². The van der Waals surface area contributed by atoms with Crippen molar-refractivity contribution in [3.8, 4) is 0 Å². The molecule has 124 valence electrons. The van der Waals surface area contributed by atoms with Gasteiger partial charge in [-0.25, -0.2) is 4.79 Å². The number of alkyl halides is 1. The Hall–Kier alpha value is -0.640. The van der Waals surface area contributed by atoms with Gasteiger partial charge in [-0.3, -0.25) is 4.90 Å². The van der Waals surface area contributed by atoms with Gasteiger partial charge in [-0.05, 0) is 6.42 Å². The Labute approximate surface area is 128 Å². The smallest absolute Gasteiger partial charge is 0.319 e. The molecular formula is C12H23ClN2O6. The van der Waals surface area contributed by atoms with E-state index in [-0.39, 0.29) is 19.0 Å². The second kappa shape index (κ2) is 8.72. The molecule has 0 bridgehead atoms. The van der Waals surface area contributed by atoms with Crippen LogP contribution < -0.4 is 5.32 Å². The van der Waals surface area contributed by atoms with Crippen LogP contribution in [-0.4, -0.2) is 87.6 Å². The maximum absolute atomic E-state index is 12.1. The van der Waals surface area contributed by atoms with Crippen LogP contribution in [-0.2, 0) is 4.74 Å². The van der Waals surface area contributed by atoms with E-state index in [1.807, 2.05) is 6.92 Å². The summed E-state index contributed by atoms with van der Waals surface area (Å²) >= 11 is 5.51. The number of ether oxygens (including phenoxy) is 1. The highest BCUT2D eigenvalue weighted by Gasteiger charge is 2.46. The second-order valence-corrected chi connectivity index (χ2v) is 5.21. The van der Waals surface area contributed by atoms with Crippen LogP contribution in [0.1, 0.15) is 13.3 Å². The number of hydrogen-bond donors (Lipinski definition) is 5. The Morgan fingerprint density at radius 2 is 1.95 bits per heavy atom. The van der Waals surface area contributed by atoms with Crippen molar-refractivity contribution in [2.75, 3.05) is 25.6 Å². The van der Waals surface area contributed by atoms with E-state index in [2.05, 4.69) is 5.32 Å². The first-order valence-corrected chi connectivity index (χ1v) is 7.42. The maximum Gasteiger partial charge on any atom is 0.319 e. The molecule has 0 aromatic carbocycles. The molecule has 0 aromatic heterocycles. The fourth-order valence-corrected chi connectivity index (χ4v) is 2.28. The molecule has 1 unspecified atom stereocenters. The van der Waals surface area contributed by atoms with E-state index in [1.54, 1.807) is 0 Å². The molecule has 5 atom stereocenters. The largest absolute Gasteiger partial charge is 0.394 e. The monoisotopic (exact) mass is 326 g/mol. The van der Waals surface area contributed by atoms with E-state index in [9.17, 15) is 20.1 Å². The number of nitrogens with zero attached hydrogens (tertiary/aromatic N) is 1. The van der Waals surface area contributed by atoms with Crippen LogP contribution in [0.5, 0.6) is 0 Å². The summed E-state index contributed by atoms with van der Waals surface area (Å²) in [5.74, 6) is 0.236. The minimum absolute atomic E-state index is 0.236. The number of aliphatic hydroxyl groups is 4. The molecule has 0 saturated carbocycles. The van der Waals surface area contributed by atoms with Crippen LogP contribution in [0.15, 0.2) is 0 Å². The Bertz CT molecular complexity index is 333. The second-order valence-electron chi connectivity index (χ2n) is 4.83. The summed E-state index contributed by atoms with van der Waals surface area (Å²) in [5, 5.41) is 41.2. The van der Waals surface area contributed by atoms with Crippen LogP contribution in [0.3, 0.4) is 0 Å². The normalized spacial score (nSPS) is 32.8. The highest BCUT2D eigenvalue weighted by molar-refractivity contribution is 6.18. The van der Waals surface area contributed by atoms with E-state index in [0.717, 1.165) is 0 Å². The first kappa shape index (κ1) is 18.4. The van der Waals surface area contributed by atoms with Gasteiger partial charge >= 0.3 is 6.03 Å². The minimum Gasteiger partial charge on any atom is -0.394 e. The molecule has 1 saturated heterocycles. The highest BCUT2D eigenvalue weighted by Crippen LogP contribution is 2.24. The quantitative estimate of drug-likeness (QED) is 0.377. The number of carbonyl (C=O) groups excluding carboxylic acids is 1. The topological polar surface area (TPSA) is 122 Å². The van der Waals surface area contributed by atoms with Gasteiger partial charge in [0.25, 0.3) is 0 Å². The molecule has 2 amide bonds. The number of halogens is 1. The predicted octanol–water partition coefficient (Wildman–Crippen LogP) is -1.55. The first-order valence-electron chi connectivity index (χ1n) is 6.88. The van der Waals surface area contributed by atoms with Gasteiger partial charge in [-0.2, -0.15) is 0 Å². The molecule has 0 aromatic rings. The zero-order chi connectivity index (χ0) is 16.0. The molecule has 0 radical (unpaired) electrons. The van der Waals surface area contributed by atoms with Crippen LogP contribution in [0.4, 0.5) is 4.79 Å². The molecule has 5 N–H and O–H groups in total. The highest BCUT2D eigenvalue weighted by atomic mass is 35.5.